The maximum absolute atomic E-state index is 13.7. The number of nitrogens with zero attached hydrogens (tertiary/aromatic N) is 2. The highest BCUT2D eigenvalue weighted by molar-refractivity contribution is 7.45. The number of methoxy groups -OCH3 is 1. The van der Waals surface area contributed by atoms with E-state index in [0.29, 0.717) is 24.7 Å². The minimum absolute atomic E-state index is 0.0659. The van der Waals surface area contributed by atoms with Crippen LogP contribution in [0.25, 0.3) is 10.8 Å². The molecule has 0 radical (unpaired) electrons. The number of carbonyl (C=O) groups excluding carboxylic acids is 1. The molecule has 0 aliphatic carbocycles. The van der Waals surface area contributed by atoms with Gasteiger partial charge in [0.2, 0.25) is 6.93 Å². The van der Waals surface area contributed by atoms with Gasteiger partial charge in [-0.2, -0.15) is 4.98 Å². The molecule has 0 spiro atoms. The topological polar surface area (TPSA) is 127 Å². The second-order valence-corrected chi connectivity index (χ2v) is 9.76. The molecule has 1 saturated heterocycles. The monoisotopic (exact) mass is 586 g/mol. The fourth-order valence-corrected chi connectivity index (χ4v) is 4.48. The number of rotatable bonds is 10. The van der Waals surface area contributed by atoms with Gasteiger partial charge in [-0.15, -0.1) is 0 Å². The molecule has 3 N–H and O–H groups in total. The fourth-order valence-electron chi connectivity index (χ4n) is 3.41. The molecule has 40 heavy (non-hydrogen) atoms. The summed E-state index contributed by atoms with van der Waals surface area (Å²) in [7, 11) is 0.0640. The van der Waals surface area contributed by atoms with E-state index in [2.05, 4.69) is 10.1 Å². The summed E-state index contributed by atoms with van der Waals surface area (Å²) in [5.74, 6) is -0.590. The lowest BCUT2D eigenvalue weighted by Crippen LogP contribution is -2.29. The van der Waals surface area contributed by atoms with Gasteiger partial charge in [-0.25, -0.2) is 23.1 Å². The molecule has 3 unspecified atom stereocenters. The lowest BCUT2D eigenvalue weighted by molar-refractivity contribution is -0.106. The van der Waals surface area contributed by atoms with Gasteiger partial charge in [-0.3, -0.25) is 4.57 Å². The molecular formula is C26H34F3N4O6P. The molecule has 1 aliphatic heterocycles. The van der Waals surface area contributed by atoms with Crippen molar-refractivity contribution in [2.75, 3.05) is 32.9 Å². The Hall–Kier alpha value is -3.09. The summed E-state index contributed by atoms with van der Waals surface area (Å²) in [5.41, 5.74) is 4.65. The van der Waals surface area contributed by atoms with Crippen LogP contribution in [0.1, 0.15) is 32.9 Å². The second kappa shape index (κ2) is 17.6. The van der Waals surface area contributed by atoms with Crippen molar-refractivity contribution < 1.29 is 36.5 Å². The number of aromatic nitrogens is 2. The number of anilines is 1. The SMILES string of the molecule is COC(C)C.FCF.Nc1nc(=O)n(C2CCC(COP(NCC=O)Oc3cccc4ccccc34)O2)cc1F. The Morgan fingerprint density at radius 2 is 1.90 bits per heavy atom. The molecule has 0 bridgehead atoms. The predicted molar refractivity (Wildman–Crippen MR) is 147 cm³/mol. The van der Waals surface area contributed by atoms with Crippen LogP contribution in [0.2, 0.25) is 0 Å². The average molecular weight is 587 g/mol. The number of nitrogen functional groups attached to an aromatic ring is 1. The number of carbonyl (C=O) groups is 1. The van der Waals surface area contributed by atoms with E-state index in [1.165, 1.54) is 0 Å². The summed E-state index contributed by atoms with van der Waals surface area (Å²) < 4.78 is 56.6. The first-order valence-electron chi connectivity index (χ1n) is 12.3. The van der Waals surface area contributed by atoms with E-state index in [1.807, 2.05) is 56.3 Å². The fraction of sp³-hybridized carbons (Fsp3) is 0.423. The van der Waals surface area contributed by atoms with Gasteiger partial charge in [-0.1, -0.05) is 36.4 Å². The Balaban J connectivity index is 0.000000621. The zero-order valence-corrected chi connectivity index (χ0v) is 23.4. The van der Waals surface area contributed by atoms with Crippen molar-refractivity contribution in [3.05, 3.63) is 65.0 Å². The van der Waals surface area contributed by atoms with E-state index in [0.717, 1.165) is 27.8 Å². The van der Waals surface area contributed by atoms with Gasteiger partial charge >= 0.3 is 14.2 Å². The van der Waals surface area contributed by atoms with E-state index >= 15 is 0 Å². The van der Waals surface area contributed by atoms with Crippen LogP contribution in [0.5, 0.6) is 5.75 Å². The number of aldehydes is 1. The molecule has 3 atom stereocenters. The van der Waals surface area contributed by atoms with E-state index in [1.54, 1.807) is 7.11 Å². The second-order valence-electron chi connectivity index (χ2n) is 8.49. The van der Waals surface area contributed by atoms with Crippen LogP contribution in [0.3, 0.4) is 0 Å². The molecule has 2 aromatic carbocycles. The van der Waals surface area contributed by atoms with Crippen LogP contribution in [-0.4, -0.2) is 55.2 Å². The van der Waals surface area contributed by atoms with Gasteiger partial charge < -0.3 is 29.0 Å². The van der Waals surface area contributed by atoms with Gasteiger partial charge in [0.1, 0.15) is 18.3 Å². The summed E-state index contributed by atoms with van der Waals surface area (Å²) in [5, 5.41) is 4.89. The summed E-state index contributed by atoms with van der Waals surface area (Å²) in [6.07, 6.45) is 2.19. The van der Waals surface area contributed by atoms with Crippen molar-refractivity contribution in [1.82, 2.24) is 14.6 Å². The summed E-state index contributed by atoms with van der Waals surface area (Å²) >= 11 is 0. The number of nitrogens with one attached hydrogen (secondary N) is 1. The van der Waals surface area contributed by atoms with Crippen LogP contribution < -0.4 is 21.0 Å². The molecule has 14 heteroatoms. The average Bonchev–Trinajstić information content (AvgIpc) is 3.42. The summed E-state index contributed by atoms with van der Waals surface area (Å²) in [6.45, 7) is 2.48. The Bertz CT molecular complexity index is 1250. The predicted octanol–water partition coefficient (Wildman–Crippen LogP) is 4.83. The molecule has 1 aromatic heterocycles. The maximum Gasteiger partial charge on any atom is 0.351 e. The van der Waals surface area contributed by atoms with Crippen LogP contribution in [-0.2, 0) is 18.8 Å². The number of alkyl halides is 2. The van der Waals surface area contributed by atoms with E-state index in [4.69, 9.17) is 24.3 Å². The minimum atomic E-state index is -1.75. The van der Waals surface area contributed by atoms with Gasteiger partial charge in [0.15, 0.2) is 11.6 Å². The first kappa shape index (κ1) is 33.1. The van der Waals surface area contributed by atoms with E-state index in [9.17, 15) is 22.8 Å². The van der Waals surface area contributed by atoms with Crippen molar-refractivity contribution in [3.8, 4) is 5.75 Å². The zero-order chi connectivity index (χ0) is 29.5. The quantitative estimate of drug-likeness (QED) is 0.254. The lowest BCUT2D eigenvalue weighted by Gasteiger charge is -2.21. The first-order valence-corrected chi connectivity index (χ1v) is 13.5. The number of ether oxygens (including phenoxy) is 2. The standard InChI is InChI=1S/C21H22FN4O5P.C4H10O.CH2F2/c22-17-12-26(21(28)25-20(17)23)19-9-8-15(30-19)13-29-32(24-10-11-27)31-18-7-3-5-14-4-1-2-6-16(14)18;1-4(2)5-3;2-1-3/h1-7,11-12,15,19,24H,8-10,13H2,(H2,23,25,28);4H,1-3H3;1H2. The third-order valence-electron chi connectivity index (χ3n) is 5.41. The summed E-state index contributed by atoms with van der Waals surface area (Å²) in [4.78, 5) is 26.3. The van der Waals surface area contributed by atoms with Crippen LogP contribution in [0.15, 0.2) is 53.5 Å². The smallest absolute Gasteiger partial charge is 0.351 e. The van der Waals surface area contributed by atoms with Crippen LogP contribution >= 0.6 is 8.53 Å². The Labute approximate surface area is 231 Å². The Kier molecular flexibility index (Phi) is 14.5. The molecule has 4 rings (SSSR count). The van der Waals surface area contributed by atoms with E-state index < -0.39 is 39.0 Å². The maximum atomic E-state index is 13.7. The molecule has 220 valence electrons. The van der Waals surface area contributed by atoms with Crippen molar-refractivity contribution in [2.24, 2.45) is 0 Å². The Morgan fingerprint density at radius 1 is 1.23 bits per heavy atom. The Morgan fingerprint density at radius 3 is 2.58 bits per heavy atom. The van der Waals surface area contributed by atoms with Crippen molar-refractivity contribution in [1.29, 1.82) is 0 Å². The molecule has 2 heterocycles. The van der Waals surface area contributed by atoms with E-state index in [-0.39, 0.29) is 19.3 Å². The van der Waals surface area contributed by atoms with Gasteiger partial charge in [0.25, 0.3) is 0 Å². The molecular weight excluding hydrogens is 552 g/mol. The third kappa shape index (κ3) is 10.5. The van der Waals surface area contributed by atoms with Crippen molar-refractivity contribution in [3.63, 3.8) is 0 Å². The normalized spacial score (nSPS) is 17.0. The number of hydrogen-bond donors (Lipinski definition) is 2. The van der Waals surface area contributed by atoms with Crippen LogP contribution in [0.4, 0.5) is 19.0 Å². The molecule has 0 saturated carbocycles. The minimum Gasteiger partial charge on any atom is -0.435 e. The van der Waals surface area contributed by atoms with Crippen LogP contribution in [0, 0.1) is 5.82 Å². The number of fused-ring (bicyclic) bond motifs is 1. The molecule has 10 nitrogen and oxygen atoms in total. The summed E-state index contributed by atoms with van der Waals surface area (Å²) in [6, 6.07) is 13.5. The van der Waals surface area contributed by atoms with Crippen molar-refractivity contribution >= 4 is 31.4 Å². The van der Waals surface area contributed by atoms with Gasteiger partial charge in [-0.05, 0) is 38.1 Å². The molecule has 0 amide bonds. The number of benzene rings is 2. The lowest BCUT2D eigenvalue weighted by atomic mass is 10.1. The first-order chi connectivity index (χ1) is 19.2. The van der Waals surface area contributed by atoms with Gasteiger partial charge in [0.05, 0.1) is 31.6 Å². The van der Waals surface area contributed by atoms with Gasteiger partial charge in [0, 0.05) is 12.5 Å². The zero-order valence-electron chi connectivity index (χ0n) is 22.5. The number of hydrogen-bond acceptors (Lipinski definition) is 9. The number of halogens is 3. The highest BCUT2D eigenvalue weighted by atomic mass is 31.2. The molecule has 1 aliphatic rings. The third-order valence-corrected chi connectivity index (χ3v) is 6.60. The highest BCUT2D eigenvalue weighted by Crippen LogP contribution is 2.40. The highest BCUT2D eigenvalue weighted by Gasteiger charge is 2.29. The number of nitrogens with two attached hydrogens (primary N) is 1. The molecule has 1 fully saturated rings. The molecule has 3 aromatic rings. The largest absolute Gasteiger partial charge is 0.435 e. The van der Waals surface area contributed by atoms with Crippen molar-refractivity contribution in [2.45, 2.75) is 45.1 Å².